The predicted molar refractivity (Wildman–Crippen MR) is 134 cm³/mol. The van der Waals surface area contributed by atoms with E-state index in [4.69, 9.17) is 9.47 Å². The van der Waals surface area contributed by atoms with Gasteiger partial charge in [-0.1, -0.05) is 42.9 Å². The van der Waals surface area contributed by atoms with Crippen LogP contribution in [0.1, 0.15) is 41.5 Å². The molecule has 0 radical (unpaired) electrons. The van der Waals surface area contributed by atoms with E-state index in [0.29, 0.717) is 29.7 Å². The van der Waals surface area contributed by atoms with Crippen LogP contribution in [0, 0.1) is 25.2 Å². The lowest BCUT2D eigenvalue weighted by Crippen LogP contribution is -2.13. The van der Waals surface area contributed by atoms with Crippen LogP contribution in [0.3, 0.4) is 0 Å². The van der Waals surface area contributed by atoms with E-state index in [9.17, 15) is 10.1 Å². The monoisotopic (exact) mass is 476 g/mol. The number of amides is 1. The molecule has 1 N–H and O–H groups in total. The van der Waals surface area contributed by atoms with E-state index in [1.54, 1.807) is 24.3 Å². The summed E-state index contributed by atoms with van der Waals surface area (Å²) < 4.78 is 11.4. The third-order valence-electron chi connectivity index (χ3n) is 5.09. The summed E-state index contributed by atoms with van der Waals surface area (Å²) >= 11 is 1.33. The number of nitrogens with one attached hydrogen (secondary N) is 1. The molecule has 8 heteroatoms. The fourth-order valence-corrected chi connectivity index (χ4v) is 3.77. The van der Waals surface area contributed by atoms with Crippen molar-refractivity contribution in [3.8, 4) is 17.6 Å². The van der Waals surface area contributed by atoms with Crippen LogP contribution in [0.15, 0.2) is 48.0 Å². The summed E-state index contributed by atoms with van der Waals surface area (Å²) in [6, 6.07) is 15.1. The van der Waals surface area contributed by atoms with Gasteiger partial charge in [-0.15, -0.1) is 10.2 Å². The van der Waals surface area contributed by atoms with Gasteiger partial charge in [0, 0.05) is 6.42 Å². The molecule has 1 aromatic heterocycles. The summed E-state index contributed by atoms with van der Waals surface area (Å²) in [6.45, 7) is 7.05. The number of anilines is 1. The lowest BCUT2D eigenvalue weighted by molar-refractivity contribution is -0.112. The Labute approximate surface area is 204 Å². The van der Waals surface area contributed by atoms with Crippen molar-refractivity contribution in [1.82, 2.24) is 10.2 Å². The second kappa shape index (κ2) is 12.5. The van der Waals surface area contributed by atoms with Gasteiger partial charge >= 0.3 is 0 Å². The highest BCUT2D eigenvalue weighted by molar-refractivity contribution is 7.15. The van der Waals surface area contributed by atoms with Gasteiger partial charge < -0.3 is 9.47 Å². The molecule has 0 saturated heterocycles. The Morgan fingerprint density at radius 1 is 1.06 bits per heavy atom. The minimum absolute atomic E-state index is 0.0132. The molecule has 3 aromatic rings. The molecule has 0 atom stereocenters. The van der Waals surface area contributed by atoms with Gasteiger partial charge in [0.1, 0.15) is 41.4 Å². The molecule has 0 saturated carbocycles. The van der Waals surface area contributed by atoms with Crippen LogP contribution in [0.25, 0.3) is 6.08 Å². The largest absolute Gasteiger partial charge is 0.490 e. The molecule has 3 rings (SSSR count). The maximum atomic E-state index is 12.5. The lowest BCUT2D eigenvalue weighted by Gasteiger charge is -2.10. The number of hydrogen-bond acceptors (Lipinski definition) is 7. The fraction of sp³-hybridized carbons (Fsp3) is 0.308. The molecule has 176 valence electrons. The molecule has 0 spiro atoms. The van der Waals surface area contributed by atoms with Gasteiger partial charge in [-0.3, -0.25) is 10.1 Å². The number of carbonyl (C=O) groups is 1. The van der Waals surface area contributed by atoms with Crippen molar-refractivity contribution in [3.63, 3.8) is 0 Å². The molecule has 0 unspecified atom stereocenters. The average molecular weight is 477 g/mol. The van der Waals surface area contributed by atoms with Crippen LogP contribution < -0.4 is 14.8 Å². The summed E-state index contributed by atoms with van der Waals surface area (Å²) in [6.07, 6.45) is 4.44. The van der Waals surface area contributed by atoms with Crippen LogP contribution in [0.4, 0.5) is 5.13 Å². The summed E-state index contributed by atoms with van der Waals surface area (Å²) in [5.74, 6) is 0.988. The lowest BCUT2D eigenvalue weighted by atomic mass is 10.1. The van der Waals surface area contributed by atoms with Crippen molar-refractivity contribution in [2.24, 2.45) is 0 Å². The second-order valence-corrected chi connectivity index (χ2v) is 8.80. The number of benzene rings is 2. The Balaban J connectivity index is 1.50. The van der Waals surface area contributed by atoms with Crippen LogP contribution in [-0.2, 0) is 11.2 Å². The van der Waals surface area contributed by atoms with E-state index in [2.05, 4.69) is 36.3 Å². The minimum Gasteiger partial charge on any atom is -0.490 e. The zero-order chi connectivity index (χ0) is 24.3. The highest BCUT2D eigenvalue weighted by Crippen LogP contribution is 2.20. The van der Waals surface area contributed by atoms with E-state index in [1.807, 2.05) is 24.3 Å². The van der Waals surface area contributed by atoms with Crippen molar-refractivity contribution in [2.75, 3.05) is 18.5 Å². The van der Waals surface area contributed by atoms with E-state index >= 15 is 0 Å². The highest BCUT2D eigenvalue weighted by Gasteiger charge is 2.13. The summed E-state index contributed by atoms with van der Waals surface area (Å²) in [5, 5.41) is 21.4. The van der Waals surface area contributed by atoms with Gasteiger partial charge in [0.2, 0.25) is 5.13 Å². The van der Waals surface area contributed by atoms with Crippen molar-refractivity contribution >= 4 is 28.5 Å². The van der Waals surface area contributed by atoms with Crippen molar-refractivity contribution in [2.45, 2.75) is 40.0 Å². The van der Waals surface area contributed by atoms with Crippen molar-refractivity contribution in [1.29, 1.82) is 5.26 Å². The second-order valence-electron chi connectivity index (χ2n) is 7.74. The number of carbonyl (C=O) groups excluding carboxylic acids is 1. The fourth-order valence-electron chi connectivity index (χ4n) is 3.00. The third-order valence-corrected chi connectivity index (χ3v) is 5.99. The number of aromatic nitrogens is 2. The number of rotatable bonds is 11. The first-order valence-corrected chi connectivity index (χ1v) is 12.0. The Bertz CT molecular complexity index is 1180. The maximum Gasteiger partial charge on any atom is 0.268 e. The molecular weight excluding hydrogens is 448 g/mol. The smallest absolute Gasteiger partial charge is 0.268 e. The third kappa shape index (κ3) is 7.42. The van der Waals surface area contributed by atoms with Gasteiger partial charge in [-0.2, -0.15) is 5.26 Å². The molecule has 1 amide bonds. The number of nitriles is 1. The summed E-state index contributed by atoms with van der Waals surface area (Å²) in [4.78, 5) is 12.5. The zero-order valence-corrected chi connectivity index (χ0v) is 20.4. The van der Waals surface area contributed by atoms with E-state index in [0.717, 1.165) is 30.0 Å². The van der Waals surface area contributed by atoms with Gasteiger partial charge in [0.25, 0.3) is 5.91 Å². The molecule has 0 aliphatic heterocycles. The Morgan fingerprint density at radius 3 is 2.44 bits per heavy atom. The Morgan fingerprint density at radius 2 is 1.76 bits per heavy atom. The first kappa shape index (κ1) is 24.9. The van der Waals surface area contributed by atoms with E-state index < -0.39 is 5.91 Å². The van der Waals surface area contributed by atoms with E-state index in [1.165, 1.54) is 28.5 Å². The van der Waals surface area contributed by atoms with Crippen LogP contribution in [-0.4, -0.2) is 29.3 Å². The Kier molecular flexibility index (Phi) is 9.18. The molecule has 0 fully saturated rings. The molecular formula is C26H28N4O3S. The van der Waals surface area contributed by atoms with E-state index in [-0.39, 0.29) is 5.57 Å². The SMILES string of the molecule is CCCCc1nnc(NC(=O)/C(C#N)=C\c2ccc(OCCOc3ccc(C)c(C)c3)cc2)s1. The maximum absolute atomic E-state index is 12.5. The molecule has 0 bridgehead atoms. The zero-order valence-electron chi connectivity index (χ0n) is 19.6. The van der Waals surface area contributed by atoms with Gasteiger partial charge in [0.05, 0.1) is 0 Å². The highest BCUT2D eigenvalue weighted by atomic mass is 32.1. The topological polar surface area (TPSA) is 97.1 Å². The molecule has 7 nitrogen and oxygen atoms in total. The number of hydrogen-bond donors (Lipinski definition) is 1. The molecule has 0 aliphatic rings. The van der Waals surface area contributed by atoms with Crippen LogP contribution in [0.5, 0.6) is 11.5 Å². The summed E-state index contributed by atoms with van der Waals surface area (Å²) in [7, 11) is 0. The van der Waals surface area contributed by atoms with Gasteiger partial charge in [-0.05, 0) is 67.3 Å². The standard InChI is InChI=1S/C26H28N4O3S/c1-4-5-6-24-29-30-26(34-24)28-25(31)21(17-27)16-20-8-11-22(12-9-20)32-13-14-33-23-10-7-18(2)19(3)15-23/h7-12,15-16H,4-6,13-14H2,1-3H3,(H,28,30,31)/b21-16-. The quantitative estimate of drug-likeness (QED) is 0.223. The number of aryl methyl sites for hydroxylation is 3. The van der Waals surface area contributed by atoms with Crippen molar-refractivity contribution in [3.05, 3.63) is 69.7 Å². The first-order chi connectivity index (χ1) is 16.5. The molecule has 2 aromatic carbocycles. The minimum atomic E-state index is -0.510. The van der Waals surface area contributed by atoms with Crippen molar-refractivity contribution < 1.29 is 14.3 Å². The number of ether oxygens (including phenoxy) is 2. The molecule has 1 heterocycles. The average Bonchev–Trinajstić information content (AvgIpc) is 3.29. The van der Waals surface area contributed by atoms with Gasteiger partial charge in [-0.25, -0.2) is 0 Å². The van der Waals surface area contributed by atoms with Crippen LogP contribution >= 0.6 is 11.3 Å². The van der Waals surface area contributed by atoms with Gasteiger partial charge in [0.15, 0.2) is 0 Å². The summed E-state index contributed by atoms with van der Waals surface area (Å²) in [5.41, 5.74) is 3.12. The predicted octanol–water partition coefficient (Wildman–Crippen LogP) is 5.50. The number of unbranched alkanes of at least 4 members (excludes halogenated alkanes) is 1. The Hall–Kier alpha value is -3.70. The first-order valence-electron chi connectivity index (χ1n) is 11.2. The molecule has 0 aliphatic carbocycles. The normalized spacial score (nSPS) is 11.1. The van der Waals surface area contributed by atoms with Crippen LogP contribution in [0.2, 0.25) is 0 Å². The number of nitrogens with zero attached hydrogens (tertiary/aromatic N) is 3. The molecule has 34 heavy (non-hydrogen) atoms.